The fourth-order valence-corrected chi connectivity index (χ4v) is 3.79. The summed E-state index contributed by atoms with van der Waals surface area (Å²) < 4.78 is 38.1. The first kappa shape index (κ1) is 18.0. The van der Waals surface area contributed by atoms with E-state index in [1.807, 2.05) is 0 Å². The molecule has 25 heavy (non-hydrogen) atoms. The Kier molecular flexibility index (Phi) is 5.51. The van der Waals surface area contributed by atoms with Crippen LogP contribution in [-0.2, 0) is 19.0 Å². The molecule has 0 nitrogen and oxygen atoms in total. The van der Waals surface area contributed by atoms with E-state index in [1.54, 1.807) is 12.1 Å². The van der Waals surface area contributed by atoms with Crippen molar-refractivity contribution in [1.82, 2.24) is 0 Å². The Morgan fingerprint density at radius 1 is 0.920 bits per heavy atom. The van der Waals surface area contributed by atoms with E-state index in [0.29, 0.717) is 0 Å². The number of rotatable bonds is 5. The molecule has 0 saturated carbocycles. The minimum atomic E-state index is -4.28. The van der Waals surface area contributed by atoms with E-state index in [1.165, 1.54) is 55.4 Å². The van der Waals surface area contributed by atoms with Gasteiger partial charge in [0.25, 0.3) is 0 Å². The first-order chi connectivity index (χ1) is 12.0. The van der Waals surface area contributed by atoms with Crippen LogP contribution in [0.2, 0.25) is 0 Å². The van der Waals surface area contributed by atoms with Crippen molar-refractivity contribution in [3.8, 4) is 11.1 Å². The summed E-state index contributed by atoms with van der Waals surface area (Å²) in [6.07, 6.45) is 4.39. The second-order valence-electron chi connectivity index (χ2n) is 7.16. The molecule has 0 aliphatic heterocycles. The lowest BCUT2D eigenvalue weighted by molar-refractivity contribution is -0.137. The van der Waals surface area contributed by atoms with Gasteiger partial charge in [-0.3, -0.25) is 0 Å². The maximum absolute atomic E-state index is 12.7. The molecule has 0 heterocycles. The molecule has 3 rings (SSSR count). The smallest absolute Gasteiger partial charge is 0.166 e. The van der Waals surface area contributed by atoms with Gasteiger partial charge in [0.1, 0.15) is 0 Å². The van der Waals surface area contributed by atoms with Gasteiger partial charge < -0.3 is 0 Å². The third-order valence-electron chi connectivity index (χ3n) is 5.30. The predicted molar refractivity (Wildman–Crippen MR) is 96.5 cm³/mol. The van der Waals surface area contributed by atoms with Crippen molar-refractivity contribution in [2.45, 2.75) is 58.0 Å². The van der Waals surface area contributed by atoms with Gasteiger partial charge in [-0.05, 0) is 59.6 Å². The third-order valence-corrected chi connectivity index (χ3v) is 5.30. The molecule has 1 aliphatic carbocycles. The first-order valence-corrected chi connectivity index (χ1v) is 9.27. The molecular formula is C22H25F3. The summed E-state index contributed by atoms with van der Waals surface area (Å²) in [6, 6.07) is 11.9. The van der Waals surface area contributed by atoms with E-state index in [9.17, 15) is 13.2 Å². The highest BCUT2D eigenvalue weighted by Gasteiger charge is 2.30. The number of fused-ring (bicyclic) bond motifs is 1. The minimum absolute atomic E-state index is 0.593. The fourth-order valence-electron chi connectivity index (χ4n) is 3.79. The van der Waals surface area contributed by atoms with Gasteiger partial charge in [0, 0.05) is 0 Å². The second kappa shape index (κ2) is 7.63. The molecule has 0 bridgehead atoms. The van der Waals surface area contributed by atoms with Crippen molar-refractivity contribution in [1.29, 1.82) is 0 Å². The number of hydrogen-bond acceptors (Lipinski definition) is 0. The maximum Gasteiger partial charge on any atom is 0.416 e. The molecule has 0 radical (unpaired) electrons. The van der Waals surface area contributed by atoms with Crippen LogP contribution in [0.4, 0.5) is 13.2 Å². The second-order valence-corrected chi connectivity index (χ2v) is 7.16. The van der Waals surface area contributed by atoms with Crippen molar-refractivity contribution >= 4 is 0 Å². The largest absolute Gasteiger partial charge is 0.416 e. The average molecular weight is 346 g/mol. The molecule has 134 valence electrons. The van der Waals surface area contributed by atoms with Crippen LogP contribution in [-0.4, -0.2) is 0 Å². The van der Waals surface area contributed by atoms with Gasteiger partial charge >= 0.3 is 6.18 Å². The zero-order valence-corrected chi connectivity index (χ0v) is 14.7. The summed E-state index contributed by atoms with van der Waals surface area (Å²) in [5, 5.41) is 0. The molecule has 1 aliphatic rings. The number of alkyl halides is 3. The number of benzene rings is 2. The summed E-state index contributed by atoms with van der Waals surface area (Å²) in [5.41, 5.74) is 4.05. The SMILES string of the molecule is CCCCCC1CCc2cc(-c3ccc(C(F)(F)F)cc3)ccc2C1. The Morgan fingerprint density at radius 2 is 1.64 bits per heavy atom. The van der Waals surface area contributed by atoms with E-state index >= 15 is 0 Å². The number of hydrogen-bond donors (Lipinski definition) is 0. The molecule has 1 unspecified atom stereocenters. The Hall–Kier alpha value is -1.77. The van der Waals surface area contributed by atoms with Crippen LogP contribution in [0.15, 0.2) is 42.5 Å². The van der Waals surface area contributed by atoms with Crippen LogP contribution in [0.25, 0.3) is 11.1 Å². The summed E-state index contributed by atoms with van der Waals surface area (Å²) in [6.45, 7) is 2.24. The van der Waals surface area contributed by atoms with Gasteiger partial charge in [0.2, 0.25) is 0 Å². The topological polar surface area (TPSA) is 0 Å². The molecule has 0 amide bonds. The zero-order valence-electron chi connectivity index (χ0n) is 14.7. The number of halogens is 3. The first-order valence-electron chi connectivity index (χ1n) is 9.27. The fraction of sp³-hybridized carbons (Fsp3) is 0.455. The van der Waals surface area contributed by atoms with Crippen LogP contribution in [0.1, 0.15) is 55.7 Å². The van der Waals surface area contributed by atoms with Crippen LogP contribution in [0.5, 0.6) is 0 Å². The highest BCUT2D eigenvalue weighted by molar-refractivity contribution is 5.65. The average Bonchev–Trinajstić information content (AvgIpc) is 2.61. The Bertz CT molecular complexity index is 698. The van der Waals surface area contributed by atoms with Crippen molar-refractivity contribution < 1.29 is 13.2 Å². The number of unbranched alkanes of at least 4 members (excludes halogenated alkanes) is 2. The molecule has 0 fully saturated rings. The lowest BCUT2D eigenvalue weighted by Gasteiger charge is -2.25. The lowest BCUT2D eigenvalue weighted by atomic mass is 9.80. The van der Waals surface area contributed by atoms with E-state index in [2.05, 4.69) is 25.1 Å². The summed E-state index contributed by atoms with van der Waals surface area (Å²) in [7, 11) is 0. The minimum Gasteiger partial charge on any atom is -0.166 e. The van der Waals surface area contributed by atoms with Gasteiger partial charge in [0.15, 0.2) is 0 Å². The van der Waals surface area contributed by atoms with E-state index in [-0.39, 0.29) is 0 Å². The van der Waals surface area contributed by atoms with Gasteiger partial charge in [-0.25, -0.2) is 0 Å². The van der Waals surface area contributed by atoms with Gasteiger partial charge in [-0.2, -0.15) is 13.2 Å². The Balaban J connectivity index is 1.72. The van der Waals surface area contributed by atoms with Crippen molar-refractivity contribution in [3.05, 3.63) is 59.2 Å². The molecule has 0 saturated heterocycles. The Morgan fingerprint density at radius 3 is 2.32 bits per heavy atom. The van der Waals surface area contributed by atoms with Crippen molar-refractivity contribution in [3.63, 3.8) is 0 Å². The van der Waals surface area contributed by atoms with Crippen LogP contribution >= 0.6 is 0 Å². The molecule has 0 N–H and O–H groups in total. The standard InChI is InChI=1S/C22H25F3/c1-2-3-4-5-16-6-7-20-15-19(9-8-18(20)14-16)17-10-12-21(13-11-17)22(23,24)25/h8-13,15-16H,2-7,14H2,1H3. The third kappa shape index (κ3) is 4.45. The van der Waals surface area contributed by atoms with E-state index < -0.39 is 11.7 Å². The maximum atomic E-state index is 12.7. The molecular weight excluding hydrogens is 321 g/mol. The summed E-state index contributed by atoms with van der Waals surface area (Å²) in [5.74, 6) is 0.788. The van der Waals surface area contributed by atoms with Crippen molar-refractivity contribution in [2.75, 3.05) is 0 Å². The highest BCUT2D eigenvalue weighted by atomic mass is 19.4. The molecule has 2 aromatic carbocycles. The van der Waals surface area contributed by atoms with Crippen LogP contribution in [0.3, 0.4) is 0 Å². The van der Waals surface area contributed by atoms with Gasteiger partial charge in [-0.1, -0.05) is 62.9 Å². The zero-order chi connectivity index (χ0) is 17.9. The van der Waals surface area contributed by atoms with Crippen molar-refractivity contribution in [2.24, 2.45) is 5.92 Å². The highest BCUT2D eigenvalue weighted by Crippen LogP contribution is 2.34. The van der Waals surface area contributed by atoms with Gasteiger partial charge in [0.05, 0.1) is 5.56 Å². The molecule has 3 heteroatoms. The monoisotopic (exact) mass is 346 g/mol. The molecule has 1 atom stereocenters. The van der Waals surface area contributed by atoms with E-state index in [4.69, 9.17) is 0 Å². The van der Waals surface area contributed by atoms with Crippen LogP contribution < -0.4 is 0 Å². The van der Waals surface area contributed by atoms with Gasteiger partial charge in [-0.15, -0.1) is 0 Å². The normalized spacial score (nSPS) is 17.4. The summed E-state index contributed by atoms with van der Waals surface area (Å²) in [4.78, 5) is 0. The molecule has 0 aromatic heterocycles. The quantitative estimate of drug-likeness (QED) is 0.508. The summed E-state index contributed by atoms with van der Waals surface area (Å²) >= 11 is 0. The predicted octanol–water partition coefficient (Wildman–Crippen LogP) is 7.06. The lowest BCUT2D eigenvalue weighted by Crippen LogP contribution is -2.14. The molecule has 0 spiro atoms. The van der Waals surface area contributed by atoms with Crippen LogP contribution in [0, 0.1) is 5.92 Å². The molecule has 2 aromatic rings. The number of aryl methyl sites for hydroxylation is 1. The Labute approximate surface area is 148 Å². The van der Waals surface area contributed by atoms with E-state index in [0.717, 1.165) is 29.9 Å².